The third-order valence-electron chi connectivity index (χ3n) is 3.52. The van der Waals surface area contributed by atoms with Gasteiger partial charge in [-0.1, -0.05) is 59.9 Å². The Morgan fingerprint density at radius 3 is 1.65 bits per heavy atom. The van der Waals surface area contributed by atoms with Crippen LogP contribution in [0.2, 0.25) is 0 Å². The molecule has 4 nitrogen and oxygen atoms in total. The van der Waals surface area contributed by atoms with Crippen LogP contribution in [0.3, 0.4) is 0 Å². The molecule has 2 N–H and O–H groups in total. The van der Waals surface area contributed by atoms with Gasteiger partial charge >= 0.3 is 0 Å². The fourth-order valence-electron chi connectivity index (χ4n) is 2.20. The lowest BCUT2D eigenvalue weighted by molar-refractivity contribution is -0.384. The predicted molar refractivity (Wildman–Crippen MR) is 109 cm³/mol. The van der Waals surface area contributed by atoms with Crippen molar-refractivity contribution in [3.05, 3.63) is 105 Å². The van der Waals surface area contributed by atoms with Crippen LogP contribution >= 0.6 is 23.5 Å². The van der Waals surface area contributed by atoms with Crippen molar-refractivity contribution in [3.8, 4) is 0 Å². The van der Waals surface area contributed by atoms with E-state index in [1.807, 2.05) is 60.7 Å². The van der Waals surface area contributed by atoms with Crippen molar-refractivity contribution in [1.29, 1.82) is 0 Å². The average Bonchev–Trinajstić information content (AvgIpc) is 2.68. The molecular formula is C20H16N2O2S2. The number of hydrogen-bond donors (Lipinski definition) is 1. The molecule has 0 saturated heterocycles. The summed E-state index contributed by atoms with van der Waals surface area (Å²) >= 11 is 3.16. The first kappa shape index (κ1) is 18.1. The van der Waals surface area contributed by atoms with Gasteiger partial charge in [0.05, 0.1) is 14.9 Å². The Balaban J connectivity index is 1.96. The Morgan fingerprint density at radius 2 is 1.23 bits per heavy atom. The molecule has 0 aliphatic carbocycles. The molecule has 3 rings (SSSR count). The first-order valence-corrected chi connectivity index (χ1v) is 9.47. The molecule has 0 amide bonds. The highest BCUT2D eigenvalue weighted by Crippen LogP contribution is 2.42. The van der Waals surface area contributed by atoms with Gasteiger partial charge in [0.25, 0.3) is 5.69 Å². The largest absolute Gasteiger partial charge is 0.397 e. The fraction of sp³-hybridized carbons (Fsp3) is 0. The Labute approximate surface area is 160 Å². The second-order valence-electron chi connectivity index (χ2n) is 5.34. The standard InChI is InChI=1S/C20H16N2O2S2/c21-19(15-11-13-16(14-12-15)22(23)24)20(25-17-7-3-1-4-8-17)26-18-9-5-2-6-10-18/h1-14H,21H2. The summed E-state index contributed by atoms with van der Waals surface area (Å²) in [4.78, 5) is 12.6. The third kappa shape index (κ3) is 4.68. The van der Waals surface area contributed by atoms with Crippen molar-refractivity contribution in [2.75, 3.05) is 0 Å². The van der Waals surface area contributed by atoms with Gasteiger partial charge in [-0.15, -0.1) is 0 Å². The molecule has 0 saturated carbocycles. The topological polar surface area (TPSA) is 69.2 Å². The van der Waals surface area contributed by atoms with Crippen molar-refractivity contribution in [2.45, 2.75) is 9.79 Å². The van der Waals surface area contributed by atoms with Crippen molar-refractivity contribution in [1.82, 2.24) is 0 Å². The highest BCUT2D eigenvalue weighted by Gasteiger charge is 2.12. The Hall–Kier alpha value is -2.70. The van der Waals surface area contributed by atoms with Crippen molar-refractivity contribution < 1.29 is 4.92 Å². The molecule has 130 valence electrons. The summed E-state index contributed by atoms with van der Waals surface area (Å²) in [6, 6.07) is 26.3. The lowest BCUT2D eigenvalue weighted by Gasteiger charge is -2.12. The molecule has 6 heteroatoms. The maximum atomic E-state index is 10.9. The molecule has 0 atom stereocenters. The van der Waals surface area contributed by atoms with Crippen LogP contribution < -0.4 is 5.73 Å². The zero-order chi connectivity index (χ0) is 18.4. The van der Waals surface area contributed by atoms with Crippen molar-refractivity contribution >= 4 is 34.9 Å². The number of nitro groups is 1. The van der Waals surface area contributed by atoms with Gasteiger partial charge in [-0.3, -0.25) is 10.1 Å². The number of nitrogens with zero attached hydrogens (tertiary/aromatic N) is 1. The van der Waals surface area contributed by atoms with E-state index in [-0.39, 0.29) is 5.69 Å². The quantitative estimate of drug-likeness (QED) is 0.334. The molecule has 0 bridgehead atoms. The second kappa shape index (κ2) is 8.60. The van der Waals surface area contributed by atoms with E-state index in [1.165, 1.54) is 12.1 Å². The normalized spacial score (nSPS) is 10.3. The van der Waals surface area contributed by atoms with E-state index >= 15 is 0 Å². The molecule has 26 heavy (non-hydrogen) atoms. The molecule has 0 heterocycles. The zero-order valence-electron chi connectivity index (χ0n) is 13.7. The van der Waals surface area contributed by atoms with Crippen molar-refractivity contribution in [3.63, 3.8) is 0 Å². The molecule has 0 fully saturated rings. The number of hydrogen-bond acceptors (Lipinski definition) is 5. The van der Waals surface area contributed by atoms with E-state index in [0.717, 1.165) is 19.6 Å². The summed E-state index contributed by atoms with van der Waals surface area (Å²) in [5, 5.41) is 10.9. The van der Waals surface area contributed by atoms with Crippen LogP contribution in [0.5, 0.6) is 0 Å². The minimum atomic E-state index is -0.415. The summed E-state index contributed by atoms with van der Waals surface area (Å²) in [7, 11) is 0. The van der Waals surface area contributed by atoms with Gasteiger partial charge in [-0.25, -0.2) is 0 Å². The summed E-state index contributed by atoms with van der Waals surface area (Å²) in [5.41, 5.74) is 7.84. The fourth-order valence-corrected chi connectivity index (χ4v) is 4.42. The van der Waals surface area contributed by atoms with Crippen LogP contribution in [0.25, 0.3) is 5.70 Å². The first-order valence-electron chi connectivity index (χ1n) is 7.84. The monoisotopic (exact) mass is 380 g/mol. The molecule has 0 aliphatic heterocycles. The Kier molecular flexibility index (Phi) is 5.99. The predicted octanol–water partition coefficient (Wildman–Crippen LogP) is 5.76. The van der Waals surface area contributed by atoms with Gasteiger partial charge in [0.15, 0.2) is 0 Å². The van der Waals surface area contributed by atoms with Gasteiger partial charge in [-0.2, -0.15) is 0 Å². The summed E-state index contributed by atoms with van der Waals surface area (Å²) in [6.07, 6.45) is 0. The average molecular weight is 380 g/mol. The van der Waals surface area contributed by atoms with Crippen LogP contribution in [0, 0.1) is 10.1 Å². The Bertz CT molecular complexity index is 868. The molecule has 0 unspecified atom stereocenters. The maximum absolute atomic E-state index is 10.9. The van der Waals surface area contributed by atoms with Gasteiger partial charge < -0.3 is 5.73 Å². The molecule has 3 aromatic carbocycles. The zero-order valence-corrected chi connectivity index (χ0v) is 15.4. The van der Waals surface area contributed by atoms with E-state index in [9.17, 15) is 10.1 Å². The van der Waals surface area contributed by atoms with E-state index in [2.05, 4.69) is 0 Å². The van der Waals surface area contributed by atoms with Crippen LogP contribution in [0.1, 0.15) is 5.56 Å². The SMILES string of the molecule is NC(=C(Sc1ccccc1)Sc1ccccc1)c1ccc([N+](=O)[O-])cc1. The number of nitro benzene ring substituents is 1. The van der Waals surface area contributed by atoms with E-state index in [4.69, 9.17) is 5.73 Å². The van der Waals surface area contributed by atoms with Gasteiger partial charge in [0.1, 0.15) is 0 Å². The van der Waals surface area contributed by atoms with Crippen molar-refractivity contribution in [2.24, 2.45) is 5.73 Å². The second-order valence-corrected chi connectivity index (χ2v) is 7.76. The molecule has 3 aromatic rings. The molecule has 0 aliphatic rings. The number of thioether (sulfide) groups is 2. The minimum Gasteiger partial charge on any atom is -0.397 e. The molecule has 0 spiro atoms. The summed E-state index contributed by atoms with van der Waals surface area (Å²) in [5.74, 6) is 0. The molecule has 0 radical (unpaired) electrons. The van der Waals surface area contributed by atoms with Crippen LogP contribution in [-0.4, -0.2) is 4.92 Å². The van der Waals surface area contributed by atoms with Crippen LogP contribution in [0.4, 0.5) is 5.69 Å². The third-order valence-corrected chi connectivity index (χ3v) is 5.84. The van der Waals surface area contributed by atoms with E-state index in [1.54, 1.807) is 35.7 Å². The number of benzene rings is 3. The Morgan fingerprint density at radius 1 is 0.769 bits per heavy atom. The van der Waals surface area contributed by atoms with Gasteiger partial charge in [0, 0.05) is 21.9 Å². The summed E-state index contributed by atoms with van der Waals surface area (Å²) < 4.78 is 0.927. The number of non-ortho nitro benzene ring substituents is 1. The van der Waals surface area contributed by atoms with Gasteiger partial charge in [0.2, 0.25) is 0 Å². The maximum Gasteiger partial charge on any atom is 0.269 e. The highest BCUT2D eigenvalue weighted by molar-refractivity contribution is 8.22. The number of nitrogens with two attached hydrogens (primary N) is 1. The van der Waals surface area contributed by atoms with E-state index in [0.29, 0.717) is 5.70 Å². The first-order chi connectivity index (χ1) is 12.6. The lowest BCUT2D eigenvalue weighted by atomic mass is 10.2. The van der Waals surface area contributed by atoms with Crippen LogP contribution in [0.15, 0.2) is 99.0 Å². The molecular weight excluding hydrogens is 364 g/mol. The lowest BCUT2D eigenvalue weighted by Crippen LogP contribution is -1.99. The van der Waals surface area contributed by atoms with Gasteiger partial charge in [-0.05, 0) is 42.0 Å². The highest BCUT2D eigenvalue weighted by atomic mass is 32.2. The minimum absolute atomic E-state index is 0.0505. The summed E-state index contributed by atoms with van der Waals surface area (Å²) in [6.45, 7) is 0. The smallest absolute Gasteiger partial charge is 0.269 e. The van der Waals surface area contributed by atoms with E-state index < -0.39 is 4.92 Å². The van der Waals surface area contributed by atoms with Crippen LogP contribution in [-0.2, 0) is 0 Å². The number of rotatable bonds is 6. The molecule has 0 aromatic heterocycles.